The molecule has 38 heavy (non-hydrogen) atoms. The Kier molecular flexibility index (Phi) is 7.64. The van der Waals surface area contributed by atoms with Gasteiger partial charge >= 0.3 is 6.01 Å². The van der Waals surface area contributed by atoms with Crippen molar-refractivity contribution in [2.24, 2.45) is 0 Å². The van der Waals surface area contributed by atoms with E-state index in [9.17, 15) is 9.90 Å². The number of phenols is 1. The van der Waals surface area contributed by atoms with Crippen LogP contribution in [0.15, 0.2) is 48.7 Å². The van der Waals surface area contributed by atoms with E-state index in [-0.39, 0.29) is 11.8 Å². The molecule has 1 fully saturated rings. The number of rotatable bonds is 8. The zero-order valence-corrected chi connectivity index (χ0v) is 22.4. The minimum atomic E-state index is 0.210. The molecule has 0 amide bonds. The third kappa shape index (κ3) is 5.52. The number of phenolic OH excluding ortho intramolecular Hbond substituents is 1. The van der Waals surface area contributed by atoms with Crippen LogP contribution in [0, 0.1) is 0 Å². The van der Waals surface area contributed by atoms with E-state index in [4.69, 9.17) is 14.7 Å². The molecule has 0 saturated carbocycles. The number of ether oxygens (including phenoxy) is 1. The second-order valence-electron chi connectivity index (χ2n) is 10.3. The molecule has 3 aromatic rings. The Morgan fingerprint density at radius 2 is 2.00 bits per heavy atom. The van der Waals surface area contributed by atoms with E-state index < -0.39 is 0 Å². The lowest BCUT2D eigenvalue weighted by atomic mass is 10.0. The summed E-state index contributed by atoms with van der Waals surface area (Å²) < 4.78 is 6.04. The van der Waals surface area contributed by atoms with Crippen LogP contribution in [0.5, 0.6) is 11.8 Å². The van der Waals surface area contributed by atoms with Crippen LogP contribution in [0.4, 0.5) is 11.5 Å². The number of hydrogen-bond acceptors (Lipinski definition) is 9. The summed E-state index contributed by atoms with van der Waals surface area (Å²) in [7, 11) is 4.03. The molecule has 5 rings (SSSR count). The first kappa shape index (κ1) is 25.8. The first-order valence-electron chi connectivity index (χ1n) is 13.2. The van der Waals surface area contributed by atoms with Crippen LogP contribution in [-0.2, 0) is 17.8 Å². The molecule has 2 aromatic carbocycles. The highest BCUT2D eigenvalue weighted by Crippen LogP contribution is 2.36. The normalized spacial score (nSPS) is 17.9. The molecule has 0 bridgehead atoms. The fourth-order valence-corrected chi connectivity index (χ4v) is 5.35. The molecule has 2 aliphatic rings. The number of anilines is 2. The number of aromatic hydroxyl groups is 1. The molecule has 0 unspecified atom stereocenters. The number of benzene rings is 2. The lowest BCUT2D eigenvalue weighted by Gasteiger charge is -2.42. The van der Waals surface area contributed by atoms with Crippen molar-refractivity contribution in [2.45, 2.75) is 25.9 Å². The predicted octanol–water partition coefficient (Wildman–Crippen LogP) is 3.06. The summed E-state index contributed by atoms with van der Waals surface area (Å²) in [6.45, 7) is 7.29. The summed E-state index contributed by atoms with van der Waals surface area (Å²) in [6.07, 6.45) is 5.02. The SMILES string of the molecule is C[C@@H]1CN(C=CC=O)CCN1c1nc(OCCN(C)C)nc2c1CCN(c1cc(O)cc3ccccc13)C2. The summed E-state index contributed by atoms with van der Waals surface area (Å²) in [6, 6.07) is 12.4. The van der Waals surface area contributed by atoms with Gasteiger partial charge in [0.05, 0.1) is 12.2 Å². The molecule has 200 valence electrons. The van der Waals surface area contributed by atoms with Crippen molar-refractivity contribution < 1.29 is 14.6 Å². The standard InChI is InChI=1S/C29H36N6O3/c1-21-19-33(10-6-15-36)12-13-35(21)28-25-9-11-34(20-26(25)30-29(31-28)38-16-14-32(2)3)27-18-23(37)17-22-7-4-5-8-24(22)27/h4-8,10,15,17-18,21,37H,9,11-14,16,19-20H2,1-3H3/t21-/m1/s1. The molecule has 9 heteroatoms. The molecule has 1 N–H and O–H groups in total. The number of aromatic nitrogens is 2. The number of carbonyl (C=O) groups is 1. The van der Waals surface area contributed by atoms with Crippen LogP contribution >= 0.6 is 0 Å². The second kappa shape index (κ2) is 11.3. The van der Waals surface area contributed by atoms with Gasteiger partial charge in [-0.15, -0.1) is 0 Å². The van der Waals surface area contributed by atoms with Gasteiger partial charge in [0.1, 0.15) is 24.5 Å². The van der Waals surface area contributed by atoms with E-state index in [0.29, 0.717) is 19.2 Å². The fraction of sp³-hybridized carbons (Fsp3) is 0.414. The second-order valence-corrected chi connectivity index (χ2v) is 10.3. The maximum absolute atomic E-state index is 10.8. The summed E-state index contributed by atoms with van der Waals surface area (Å²) in [5.41, 5.74) is 3.13. The van der Waals surface area contributed by atoms with Gasteiger partial charge in [0, 0.05) is 67.7 Å². The summed E-state index contributed by atoms with van der Waals surface area (Å²) in [4.78, 5) is 29.5. The number of aldehydes is 1. The lowest BCUT2D eigenvalue weighted by molar-refractivity contribution is -0.104. The van der Waals surface area contributed by atoms with E-state index in [2.05, 4.69) is 32.6 Å². The van der Waals surface area contributed by atoms with Crippen molar-refractivity contribution in [1.29, 1.82) is 0 Å². The predicted molar refractivity (Wildman–Crippen MR) is 150 cm³/mol. The number of nitrogens with zero attached hydrogens (tertiary/aromatic N) is 6. The Morgan fingerprint density at radius 1 is 1.16 bits per heavy atom. The van der Waals surface area contributed by atoms with Gasteiger partial charge in [-0.05, 0) is 45.0 Å². The van der Waals surface area contributed by atoms with Crippen molar-refractivity contribution in [3.8, 4) is 11.8 Å². The van der Waals surface area contributed by atoms with Crippen LogP contribution in [0.2, 0.25) is 0 Å². The fourth-order valence-electron chi connectivity index (χ4n) is 5.35. The van der Waals surface area contributed by atoms with Crippen molar-refractivity contribution >= 4 is 28.6 Å². The van der Waals surface area contributed by atoms with Gasteiger partial charge < -0.3 is 29.4 Å². The Labute approximate surface area is 223 Å². The number of carbonyl (C=O) groups excluding carboxylic acids is 1. The van der Waals surface area contributed by atoms with Crippen molar-refractivity contribution in [1.82, 2.24) is 19.8 Å². The molecule has 0 aliphatic carbocycles. The van der Waals surface area contributed by atoms with Crippen molar-refractivity contribution in [3.63, 3.8) is 0 Å². The molecule has 9 nitrogen and oxygen atoms in total. The number of piperazine rings is 1. The smallest absolute Gasteiger partial charge is 0.318 e. The van der Waals surface area contributed by atoms with Crippen LogP contribution in [0.3, 0.4) is 0 Å². The van der Waals surface area contributed by atoms with E-state index in [1.165, 1.54) is 0 Å². The average Bonchev–Trinajstić information content (AvgIpc) is 2.90. The molecule has 0 radical (unpaired) electrons. The quantitative estimate of drug-likeness (QED) is 0.359. The van der Waals surface area contributed by atoms with Crippen LogP contribution < -0.4 is 14.5 Å². The third-order valence-electron chi connectivity index (χ3n) is 7.26. The van der Waals surface area contributed by atoms with E-state index >= 15 is 0 Å². The van der Waals surface area contributed by atoms with Crippen molar-refractivity contribution in [2.75, 3.05) is 63.2 Å². The maximum atomic E-state index is 10.8. The van der Waals surface area contributed by atoms with Crippen molar-refractivity contribution in [3.05, 3.63) is 59.9 Å². The highest BCUT2D eigenvalue weighted by atomic mass is 16.5. The summed E-state index contributed by atoms with van der Waals surface area (Å²) in [5, 5.41) is 12.6. The zero-order chi connectivity index (χ0) is 26.6. The number of hydrogen-bond donors (Lipinski definition) is 1. The monoisotopic (exact) mass is 516 g/mol. The number of allylic oxidation sites excluding steroid dienone is 1. The summed E-state index contributed by atoms with van der Waals surface area (Å²) in [5.74, 6) is 1.21. The molecule has 1 atom stereocenters. The maximum Gasteiger partial charge on any atom is 0.318 e. The van der Waals surface area contributed by atoms with Crippen LogP contribution in [0.25, 0.3) is 10.8 Å². The van der Waals surface area contributed by atoms with Gasteiger partial charge in [0.25, 0.3) is 0 Å². The van der Waals surface area contributed by atoms with E-state index in [1.807, 2.05) is 44.6 Å². The van der Waals surface area contributed by atoms with Crippen LogP contribution in [-0.4, -0.2) is 90.6 Å². The number of likely N-dealkylation sites (N-methyl/N-ethyl adjacent to an activating group) is 1. The Balaban J connectivity index is 1.48. The molecule has 0 spiro atoms. The van der Waals surface area contributed by atoms with Gasteiger partial charge in [-0.1, -0.05) is 24.3 Å². The van der Waals surface area contributed by atoms with E-state index in [1.54, 1.807) is 12.1 Å². The van der Waals surface area contributed by atoms with Gasteiger partial charge in [-0.2, -0.15) is 9.97 Å². The summed E-state index contributed by atoms with van der Waals surface area (Å²) >= 11 is 0. The zero-order valence-electron chi connectivity index (χ0n) is 22.4. The Morgan fingerprint density at radius 3 is 2.79 bits per heavy atom. The van der Waals surface area contributed by atoms with Crippen LogP contribution in [0.1, 0.15) is 18.2 Å². The van der Waals surface area contributed by atoms with Gasteiger partial charge in [-0.25, -0.2) is 0 Å². The molecule has 1 aromatic heterocycles. The first-order valence-corrected chi connectivity index (χ1v) is 13.2. The average molecular weight is 517 g/mol. The largest absolute Gasteiger partial charge is 0.508 e. The van der Waals surface area contributed by atoms with Gasteiger partial charge in [0.15, 0.2) is 0 Å². The highest BCUT2D eigenvalue weighted by molar-refractivity contribution is 5.95. The highest BCUT2D eigenvalue weighted by Gasteiger charge is 2.30. The molecule has 3 heterocycles. The minimum absolute atomic E-state index is 0.210. The minimum Gasteiger partial charge on any atom is -0.508 e. The molecule has 1 saturated heterocycles. The van der Waals surface area contributed by atoms with E-state index in [0.717, 1.165) is 79.0 Å². The van der Waals surface area contributed by atoms with Gasteiger partial charge in [0.2, 0.25) is 0 Å². The topological polar surface area (TPSA) is 85.3 Å². The first-order chi connectivity index (χ1) is 18.4. The molecular weight excluding hydrogens is 480 g/mol. The lowest BCUT2D eigenvalue weighted by Crippen LogP contribution is -2.51. The number of fused-ring (bicyclic) bond motifs is 2. The Bertz CT molecular complexity index is 1330. The third-order valence-corrected chi connectivity index (χ3v) is 7.26. The molecule has 2 aliphatic heterocycles. The molecular formula is C29H36N6O3. The van der Waals surface area contributed by atoms with Gasteiger partial charge in [-0.3, -0.25) is 4.79 Å². The Hall–Kier alpha value is -3.85.